The summed E-state index contributed by atoms with van der Waals surface area (Å²) in [6.45, 7) is 0.531. The van der Waals surface area contributed by atoms with Gasteiger partial charge in [0.1, 0.15) is 0 Å². The lowest BCUT2D eigenvalue weighted by Crippen LogP contribution is -2.02. The Morgan fingerprint density at radius 2 is 0.848 bits per heavy atom. The molecule has 0 fully saturated rings. The summed E-state index contributed by atoms with van der Waals surface area (Å²) in [5, 5.41) is 6.95. The van der Waals surface area contributed by atoms with E-state index in [1.807, 2.05) is 61.9 Å². The third kappa shape index (κ3) is 20.0. The molecule has 0 saturated carbocycles. The van der Waals surface area contributed by atoms with Gasteiger partial charge >= 0.3 is 0 Å². The Kier molecular flexibility index (Phi) is 28.7. The number of hydrogen-bond donors (Lipinski definition) is 2. The van der Waals surface area contributed by atoms with E-state index in [1.165, 1.54) is 0 Å². The third-order valence-corrected chi connectivity index (χ3v) is 88.0. The molecule has 0 aliphatic carbocycles. The molecule has 33 heavy (non-hydrogen) atoms. The molecule has 8 unspecified atom stereocenters. The van der Waals surface area contributed by atoms with Crippen LogP contribution in [0.3, 0.4) is 0 Å². The Labute approximate surface area is 228 Å². The highest BCUT2D eigenvalue weighted by Gasteiger charge is 2.37. The van der Waals surface area contributed by atoms with E-state index in [0.717, 1.165) is 6.54 Å². The molecule has 0 aliphatic heterocycles. The molecule has 17 heteroatoms. The summed E-state index contributed by atoms with van der Waals surface area (Å²) in [6, 6.07) is 0. The minimum absolute atomic E-state index is 0.0333. The van der Waals surface area contributed by atoms with Crippen LogP contribution in [0, 0.1) is 0 Å². The van der Waals surface area contributed by atoms with Crippen LogP contribution in [-0.2, 0) is 0 Å². The van der Waals surface area contributed by atoms with Gasteiger partial charge in [0.2, 0.25) is 0 Å². The Morgan fingerprint density at radius 3 is 1.18 bits per heavy atom. The molecular formula is C16H37N2P15. The third-order valence-electron chi connectivity index (χ3n) is 3.14. The second-order valence-corrected chi connectivity index (χ2v) is 63.4. The van der Waals surface area contributed by atoms with Crippen molar-refractivity contribution < 1.29 is 0 Å². The van der Waals surface area contributed by atoms with Crippen LogP contribution in [0.15, 0.2) is 85.2 Å². The summed E-state index contributed by atoms with van der Waals surface area (Å²) in [5.74, 6) is 0. The standard InChI is InChI=1S/C16H37N2P15/c1-17-15-13-11-9-7-5-3-2-4-6-8-10-12-14-16-18-27(32(28(19)20)29(21)22)33(30(23)24)31(25)26/h2-15,17-18H,16,19-26H2,1H3. The molecule has 0 amide bonds. The summed E-state index contributed by atoms with van der Waals surface area (Å²) >= 11 is 0. The lowest BCUT2D eigenvalue weighted by Gasteiger charge is -2.41. The van der Waals surface area contributed by atoms with E-state index < -0.39 is 0 Å². The van der Waals surface area contributed by atoms with E-state index in [1.54, 1.807) is 0 Å². The first-order chi connectivity index (χ1) is 15.7. The van der Waals surface area contributed by atoms with Gasteiger partial charge in [0.05, 0.1) is 0 Å². The second kappa shape index (κ2) is 25.4. The SMILES string of the molecule is CNC=CC=CC=CC=CC=CC=CC=CCNP(P(P(P)P)P(P)P)P(P(P)P)P(P)P. The fraction of sp³-hybridized carbons (Fsp3) is 0.125. The maximum absolute atomic E-state index is 4.00. The zero-order valence-electron chi connectivity index (χ0n) is 18.5. The molecule has 0 heterocycles. The topological polar surface area (TPSA) is 24.1 Å². The first-order valence-electron chi connectivity index (χ1n) is 9.37. The minimum atomic E-state index is -0.176. The summed E-state index contributed by atoms with van der Waals surface area (Å²) in [7, 11) is 26.6. The average molecular weight is 722 g/mol. The zero-order chi connectivity index (χ0) is 25.1. The normalized spacial score (nSPS) is 14.3. The van der Waals surface area contributed by atoms with Gasteiger partial charge in [-0.2, -0.15) is 0 Å². The van der Waals surface area contributed by atoms with Gasteiger partial charge in [0.25, 0.3) is 0 Å². The Morgan fingerprint density at radius 1 is 0.515 bits per heavy atom. The summed E-state index contributed by atoms with van der Waals surface area (Å²) < 4.78 is 0. The lowest BCUT2D eigenvalue weighted by molar-refractivity contribution is 1.10. The molecule has 0 spiro atoms. The molecule has 0 rings (SSSR count). The predicted molar refractivity (Wildman–Crippen MR) is 207 cm³/mol. The van der Waals surface area contributed by atoms with Crippen molar-refractivity contribution in [2.24, 2.45) is 0 Å². The van der Waals surface area contributed by atoms with Gasteiger partial charge in [0.15, 0.2) is 0 Å². The fourth-order valence-corrected chi connectivity index (χ4v) is 142. The van der Waals surface area contributed by atoms with Crippen LogP contribution in [0.2, 0.25) is 0 Å². The molecule has 0 aromatic heterocycles. The zero-order valence-corrected chi connectivity index (χ0v) is 34.0. The Bertz CT molecular complexity index is 664. The van der Waals surface area contributed by atoms with Crippen molar-refractivity contribution in [1.82, 2.24) is 10.4 Å². The summed E-state index contributed by atoms with van der Waals surface area (Å²) in [6.07, 6.45) is 28.6. The maximum atomic E-state index is 4.00. The highest BCUT2D eigenvalue weighted by atomic mass is 33.3. The van der Waals surface area contributed by atoms with Crippen molar-refractivity contribution in [1.29, 1.82) is 0 Å². The summed E-state index contributed by atoms with van der Waals surface area (Å²) in [4.78, 5) is 0. The first kappa shape index (κ1) is 37.4. The molecule has 2 N–H and O–H groups in total. The van der Waals surface area contributed by atoms with Crippen molar-refractivity contribution in [3.63, 3.8) is 0 Å². The van der Waals surface area contributed by atoms with Crippen molar-refractivity contribution in [3.05, 3.63) is 85.2 Å². The van der Waals surface area contributed by atoms with Gasteiger partial charge in [-0.25, -0.2) is 0 Å². The van der Waals surface area contributed by atoms with Gasteiger partial charge in [-0.3, -0.25) is 5.09 Å². The summed E-state index contributed by atoms with van der Waals surface area (Å²) in [5.41, 5.74) is 0. The van der Waals surface area contributed by atoms with Gasteiger partial charge in [-0.1, -0.05) is 72.9 Å². The van der Waals surface area contributed by atoms with Crippen molar-refractivity contribution in [2.75, 3.05) is 13.6 Å². The predicted octanol–water partition coefficient (Wildman–Crippen LogP) is 11.7. The molecule has 0 aromatic carbocycles. The molecule has 0 aliphatic rings. The molecule has 0 radical (unpaired) electrons. The van der Waals surface area contributed by atoms with Crippen LogP contribution in [0.4, 0.5) is 0 Å². The van der Waals surface area contributed by atoms with Gasteiger partial charge in [-0.15, -0.1) is 71.4 Å². The molecule has 2 nitrogen and oxygen atoms in total. The molecule has 0 aromatic rings. The van der Waals surface area contributed by atoms with E-state index >= 15 is 0 Å². The molecule has 0 bridgehead atoms. The van der Waals surface area contributed by atoms with E-state index in [9.17, 15) is 0 Å². The highest BCUT2D eigenvalue weighted by molar-refractivity contribution is 9.24. The monoisotopic (exact) mass is 722 g/mol. The Hall–Kier alpha value is 4.39. The van der Waals surface area contributed by atoms with Crippen molar-refractivity contribution >= 4 is 121 Å². The molecule has 186 valence electrons. The van der Waals surface area contributed by atoms with Crippen LogP contribution >= 0.6 is 121 Å². The number of nitrogens with one attached hydrogen (secondary N) is 2. The minimum Gasteiger partial charge on any atom is -0.394 e. The van der Waals surface area contributed by atoms with Crippen molar-refractivity contribution in [3.8, 4) is 0 Å². The number of hydrogen-bond acceptors (Lipinski definition) is 2. The van der Waals surface area contributed by atoms with Crippen LogP contribution in [-0.4, -0.2) is 13.6 Å². The Balaban J connectivity index is 4.75. The first-order valence-corrected chi connectivity index (χ1v) is 35.9. The van der Waals surface area contributed by atoms with Crippen LogP contribution in [0.5, 0.6) is 0 Å². The quantitative estimate of drug-likeness (QED) is 0.122. The molecule has 0 saturated heterocycles. The van der Waals surface area contributed by atoms with Crippen LogP contribution < -0.4 is 10.4 Å². The average Bonchev–Trinajstić information content (AvgIpc) is 2.72. The number of rotatable bonds is 16. The smallest absolute Gasteiger partial charge is 0.0328 e. The maximum Gasteiger partial charge on any atom is 0.0328 e. The largest absolute Gasteiger partial charge is 0.394 e. The van der Waals surface area contributed by atoms with Crippen molar-refractivity contribution in [2.45, 2.75) is 0 Å². The lowest BCUT2D eigenvalue weighted by atomic mass is 10.3. The van der Waals surface area contributed by atoms with E-state index in [2.05, 4.69) is 112 Å². The van der Waals surface area contributed by atoms with E-state index in [0.29, 0.717) is 0 Å². The van der Waals surface area contributed by atoms with E-state index in [-0.39, 0.29) is 49.4 Å². The van der Waals surface area contributed by atoms with E-state index in [4.69, 9.17) is 0 Å². The number of allylic oxidation sites excluding steroid dienone is 12. The van der Waals surface area contributed by atoms with Gasteiger partial charge in [-0.05, 0) is 40.2 Å². The van der Waals surface area contributed by atoms with Crippen LogP contribution in [0.1, 0.15) is 0 Å². The molecular weight excluding hydrogens is 685 g/mol. The molecule has 8 atom stereocenters. The van der Waals surface area contributed by atoms with Gasteiger partial charge < -0.3 is 5.32 Å². The van der Waals surface area contributed by atoms with Crippen LogP contribution in [0.25, 0.3) is 0 Å². The van der Waals surface area contributed by atoms with Gasteiger partial charge in [0, 0.05) is 35.0 Å². The fourth-order valence-electron chi connectivity index (χ4n) is 1.90. The highest BCUT2D eigenvalue weighted by Crippen LogP contribution is 3.20. The second-order valence-electron chi connectivity index (χ2n) is 5.71.